The molecule has 22 heavy (non-hydrogen) atoms. The Balaban J connectivity index is 2.51. The Kier molecular flexibility index (Phi) is 4.99. The lowest BCUT2D eigenvalue weighted by Crippen LogP contribution is -2.39. The van der Waals surface area contributed by atoms with E-state index in [1.807, 2.05) is 32.9 Å². The summed E-state index contributed by atoms with van der Waals surface area (Å²) in [5.74, 6) is 0.577. The maximum atomic E-state index is 12.3. The summed E-state index contributed by atoms with van der Waals surface area (Å²) < 4.78 is 8.24. The van der Waals surface area contributed by atoms with Gasteiger partial charge in [0.25, 0.3) is 0 Å². The van der Waals surface area contributed by atoms with Gasteiger partial charge < -0.3 is 9.30 Å². The number of benzene rings is 1. The predicted molar refractivity (Wildman–Crippen MR) is 86.9 cm³/mol. The first-order valence-corrected chi connectivity index (χ1v) is 7.22. The van der Waals surface area contributed by atoms with Crippen LogP contribution < -0.4 is 15.9 Å². The minimum Gasteiger partial charge on any atom is -0.492 e. The van der Waals surface area contributed by atoms with E-state index in [4.69, 9.17) is 4.74 Å². The van der Waals surface area contributed by atoms with Gasteiger partial charge in [0, 0.05) is 18.9 Å². The number of ether oxygens (including phenoxy) is 1. The molecule has 116 valence electrons. The van der Waals surface area contributed by atoms with E-state index in [1.54, 1.807) is 30.6 Å². The highest BCUT2D eigenvalue weighted by Gasteiger charge is 2.10. The molecule has 2 rings (SSSR count). The van der Waals surface area contributed by atoms with Gasteiger partial charge in [-0.2, -0.15) is 0 Å². The molecule has 0 radical (unpaired) electrons. The first-order chi connectivity index (χ1) is 10.5. The number of rotatable bonds is 5. The Bertz CT molecular complexity index is 796. The molecule has 1 aromatic carbocycles. The molecule has 0 unspecified atom stereocenters. The number of hydrogen-bond donors (Lipinski definition) is 0. The highest BCUT2D eigenvalue weighted by Crippen LogP contribution is 2.20. The van der Waals surface area contributed by atoms with Crippen LogP contribution in [0.1, 0.15) is 20.8 Å². The van der Waals surface area contributed by atoms with Gasteiger partial charge in [-0.3, -0.25) is 14.2 Å². The summed E-state index contributed by atoms with van der Waals surface area (Å²) in [4.78, 5) is 24.5. The molecule has 0 aliphatic carbocycles. The lowest BCUT2D eigenvalue weighted by atomic mass is 10.3. The van der Waals surface area contributed by atoms with Crippen molar-refractivity contribution in [2.75, 3.05) is 6.61 Å². The van der Waals surface area contributed by atoms with E-state index in [1.165, 1.54) is 9.13 Å². The molecular weight excluding hydrogens is 280 g/mol. The Morgan fingerprint density at radius 1 is 1.14 bits per heavy atom. The van der Waals surface area contributed by atoms with Crippen molar-refractivity contribution < 1.29 is 4.74 Å². The molecular formula is C17H20N2O3. The Hall–Kier alpha value is -2.56. The summed E-state index contributed by atoms with van der Waals surface area (Å²) in [6, 6.07) is 7.17. The predicted octanol–water partition coefficient (Wildman–Crippen LogP) is 2.36. The van der Waals surface area contributed by atoms with Crippen molar-refractivity contribution in [2.45, 2.75) is 27.3 Å². The summed E-state index contributed by atoms with van der Waals surface area (Å²) in [6.45, 7) is 6.65. The van der Waals surface area contributed by atoms with Crippen LogP contribution in [-0.4, -0.2) is 15.7 Å². The molecule has 5 heteroatoms. The summed E-state index contributed by atoms with van der Waals surface area (Å²) >= 11 is 0. The van der Waals surface area contributed by atoms with Gasteiger partial charge in [0.1, 0.15) is 5.75 Å². The van der Waals surface area contributed by atoms with Crippen molar-refractivity contribution in [2.24, 2.45) is 0 Å². The molecule has 0 saturated carbocycles. The number of nitrogens with zero attached hydrogens (tertiary/aromatic N) is 2. The van der Waals surface area contributed by atoms with Crippen molar-refractivity contribution in [1.29, 1.82) is 0 Å². The number of allylic oxidation sites excluding steroid dienone is 2. The van der Waals surface area contributed by atoms with Crippen LogP contribution in [-0.2, 0) is 6.54 Å². The van der Waals surface area contributed by atoms with Gasteiger partial charge in [-0.1, -0.05) is 23.8 Å². The molecule has 0 aliphatic heterocycles. The summed E-state index contributed by atoms with van der Waals surface area (Å²) in [5, 5.41) is 0. The van der Waals surface area contributed by atoms with Crippen molar-refractivity contribution >= 4 is 0 Å². The lowest BCUT2D eigenvalue weighted by Gasteiger charge is -2.12. The van der Waals surface area contributed by atoms with Crippen LogP contribution >= 0.6 is 0 Å². The van der Waals surface area contributed by atoms with Gasteiger partial charge in [0.15, 0.2) is 0 Å². The number of hydrogen-bond acceptors (Lipinski definition) is 3. The van der Waals surface area contributed by atoms with Gasteiger partial charge in [-0.25, -0.2) is 0 Å². The van der Waals surface area contributed by atoms with Gasteiger partial charge in [0.2, 0.25) is 0 Å². The zero-order chi connectivity index (χ0) is 16.1. The third-order valence-corrected chi connectivity index (χ3v) is 3.18. The molecule has 0 amide bonds. The third-order valence-electron chi connectivity index (χ3n) is 3.18. The molecule has 1 heterocycles. The minimum atomic E-state index is -0.586. The fraction of sp³-hybridized carbons (Fsp3) is 0.294. The van der Waals surface area contributed by atoms with Crippen LogP contribution in [0.5, 0.6) is 5.75 Å². The molecule has 1 aromatic heterocycles. The zero-order valence-corrected chi connectivity index (χ0v) is 13.1. The molecule has 0 aliphatic rings. The van der Waals surface area contributed by atoms with E-state index >= 15 is 0 Å². The summed E-state index contributed by atoms with van der Waals surface area (Å²) in [7, 11) is 0. The van der Waals surface area contributed by atoms with Crippen molar-refractivity contribution in [3.8, 4) is 11.4 Å². The Morgan fingerprint density at radius 3 is 2.55 bits per heavy atom. The standard InChI is InChI=1S/C17H20N2O3/c1-4-22-15-8-6-5-7-14(15)19-12-11-18(10-9-13(2)3)16(20)17(19)21/h5-9,11-12H,4,10H2,1-3H3. The Morgan fingerprint density at radius 2 is 1.86 bits per heavy atom. The third kappa shape index (κ3) is 3.36. The highest BCUT2D eigenvalue weighted by atomic mass is 16.5. The van der Waals surface area contributed by atoms with Gasteiger partial charge in [-0.15, -0.1) is 0 Å². The molecule has 0 atom stereocenters. The van der Waals surface area contributed by atoms with Crippen LogP contribution in [0.4, 0.5) is 0 Å². The molecule has 2 aromatic rings. The van der Waals surface area contributed by atoms with Crippen LogP contribution in [0.25, 0.3) is 5.69 Å². The maximum Gasteiger partial charge on any atom is 0.321 e. The molecule has 0 spiro atoms. The van der Waals surface area contributed by atoms with E-state index < -0.39 is 11.1 Å². The summed E-state index contributed by atoms with van der Waals surface area (Å²) in [6.07, 6.45) is 5.12. The zero-order valence-electron chi connectivity index (χ0n) is 13.1. The van der Waals surface area contributed by atoms with Gasteiger partial charge in [0.05, 0.1) is 12.3 Å². The number of para-hydroxylation sites is 2. The first-order valence-electron chi connectivity index (χ1n) is 7.22. The second-order valence-electron chi connectivity index (χ2n) is 5.11. The summed E-state index contributed by atoms with van der Waals surface area (Å²) in [5.41, 5.74) is 0.529. The molecule has 0 bridgehead atoms. The normalized spacial score (nSPS) is 10.3. The monoisotopic (exact) mass is 300 g/mol. The minimum absolute atomic E-state index is 0.393. The first kappa shape index (κ1) is 15.8. The second kappa shape index (κ2) is 6.93. The van der Waals surface area contributed by atoms with E-state index in [0.29, 0.717) is 24.6 Å². The average Bonchev–Trinajstić information content (AvgIpc) is 2.50. The van der Waals surface area contributed by atoms with Crippen molar-refractivity contribution in [1.82, 2.24) is 9.13 Å². The van der Waals surface area contributed by atoms with Crippen LogP contribution in [0.15, 0.2) is 57.9 Å². The van der Waals surface area contributed by atoms with Gasteiger partial charge in [-0.05, 0) is 32.9 Å². The smallest absolute Gasteiger partial charge is 0.321 e. The van der Waals surface area contributed by atoms with Crippen LogP contribution in [0, 0.1) is 0 Å². The van der Waals surface area contributed by atoms with E-state index in [2.05, 4.69) is 0 Å². The molecule has 0 saturated heterocycles. The lowest BCUT2D eigenvalue weighted by molar-refractivity contribution is 0.339. The maximum absolute atomic E-state index is 12.3. The highest BCUT2D eigenvalue weighted by molar-refractivity contribution is 5.46. The fourth-order valence-electron chi connectivity index (χ4n) is 2.06. The SMILES string of the molecule is CCOc1ccccc1-n1ccn(CC=C(C)C)c(=O)c1=O. The molecule has 0 fully saturated rings. The average molecular weight is 300 g/mol. The largest absolute Gasteiger partial charge is 0.492 e. The topological polar surface area (TPSA) is 53.2 Å². The molecule has 5 nitrogen and oxygen atoms in total. The van der Waals surface area contributed by atoms with Crippen LogP contribution in [0.2, 0.25) is 0 Å². The quantitative estimate of drug-likeness (QED) is 0.629. The molecule has 0 N–H and O–H groups in total. The van der Waals surface area contributed by atoms with E-state index in [-0.39, 0.29) is 0 Å². The van der Waals surface area contributed by atoms with E-state index in [9.17, 15) is 9.59 Å². The van der Waals surface area contributed by atoms with Crippen LogP contribution in [0.3, 0.4) is 0 Å². The van der Waals surface area contributed by atoms with Crippen molar-refractivity contribution in [3.05, 3.63) is 69.0 Å². The fourth-order valence-corrected chi connectivity index (χ4v) is 2.06. The number of aromatic nitrogens is 2. The van der Waals surface area contributed by atoms with Crippen molar-refractivity contribution in [3.63, 3.8) is 0 Å². The Labute approximate surface area is 129 Å². The van der Waals surface area contributed by atoms with E-state index in [0.717, 1.165) is 5.57 Å². The second-order valence-corrected chi connectivity index (χ2v) is 5.11. The van der Waals surface area contributed by atoms with Gasteiger partial charge >= 0.3 is 11.1 Å².